The van der Waals surface area contributed by atoms with Gasteiger partial charge < -0.3 is 5.32 Å². The van der Waals surface area contributed by atoms with Gasteiger partial charge in [-0.1, -0.05) is 29.3 Å². The lowest BCUT2D eigenvalue weighted by Gasteiger charge is -2.19. The van der Waals surface area contributed by atoms with E-state index < -0.39 is 11.7 Å². The topological polar surface area (TPSA) is 12.0 Å². The summed E-state index contributed by atoms with van der Waals surface area (Å²) < 4.78 is 38.9. The van der Waals surface area contributed by atoms with Crippen LogP contribution in [0.4, 0.5) is 18.9 Å². The van der Waals surface area contributed by atoms with Crippen molar-refractivity contribution in [1.82, 2.24) is 0 Å². The molecule has 0 spiro atoms. The summed E-state index contributed by atoms with van der Waals surface area (Å²) in [7, 11) is 0. The molecule has 5 heteroatoms. The lowest BCUT2D eigenvalue weighted by atomic mass is 10.1. The van der Waals surface area contributed by atoms with Gasteiger partial charge in [-0.05, 0) is 31.5 Å². The standard InChI is InChI=1S/C12H15BrF3N/c1-3-4-8(2)17-11-7-9(13)5-6-10(11)12(14,15)16/h5-8,17H,3-4H2,1-2H3. The summed E-state index contributed by atoms with van der Waals surface area (Å²) >= 11 is 3.18. The van der Waals surface area contributed by atoms with Gasteiger partial charge in [0.1, 0.15) is 0 Å². The Morgan fingerprint density at radius 2 is 2.00 bits per heavy atom. The number of rotatable bonds is 4. The Morgan fingerprint density at radius 3 is 2.53 bits per heavy atom. The van der Waals surface area contributed by atoms with E-state index in [4.69, 9.17) is 0 Å². The number of benzene rings is 1. The van der Waals surface area contributed by atoms with Crippen LogP contribution in [0.3, 0.4) is 0 Å². The van der Waals surface area contributed by atoms with Gasteiger partial charge >= 0.3 is 6.18 Å². The molecule has 96 valence electrons. The molecule has 1 aromatic carbocycles. The molecule has 0 bridgehead atoms. The molecule has 0 aliphatic carbocycles. The predicted octanol–water partition coefficient (Wildman–Crippen LogP) is 5.07. The fraction of sp³-hybridized carbons (Fsp3) is 0.500. The van der Waals surface area contributed by atoms with Crippen LogP contribution >= 0.6 is 15.9 Å². The SMILES string of the molecule is CCCC(C)Nc1cc(Br)ccc1C(F)(F)F. The fourth-order valence-electron chi connectivity index (χ4n) is 1.65. The molecule has 1 aromatic rings. The van der Waals surface area contributed by atoms with Gasteiger partial charge in [0.05, 0.1) is 5.56 Å². The van der Waals surface area contributed by atoms with E-state index >= 15 is 0 Å². The van der Waals surface area contributed by atoms with Crippen molar-refractivity contribution >= 4 is 21.6 Å². The van der Waals surface area contributed by atoms with Crippen LogP contribution < -0.4 is 5.32 Å². The van der Waals surface area contributed by atoms with Crippen molar-refractivity contribution in [2.75, 3.05) is 5.32 Å². The molecule has 0 fully saturated rings. The molecule has 17 heavy (non-hydrogen) atoms. The van der Waals surface area contributed by atoms with Crippen molar-refractivity contribution in [2.24, 2.45) is 0 Å². The number of hydrogen-bond donors (Lipinski definition) is 1. The van der Waals surface area contributed by atoms with Crippen molar-refractivity contribution in [3.05, 3.63) is 28.2 Å². The molecule has 0 saturated heterocycles. The van der Waals surface area contributed by atoms with Gasteiger partial charge in [0.15, 0.2) is 0 Å². The van der Waals surface area contributed by atoms with E-state index in [0.29, 0.717) is 4.47 Å². The van der Waals surface area contributed by atoms with Crippen LogP contribution in [-0.2, 0) is 6.18 Å². The second kappa shape index (κ2) is 5.76. The number of nitrogens with one attached hydrogen (secondary N) is 1. The maximum Gasteiger partial charge on any atom is 0.418 e. The maximum absolute atomic E-state index is 12.8. The van der Waals surface area contributed by atoms with Crippen molar-refractivity contribution in [3.63, 3.8) is 0 Å². The van der Waals surface area contributed by atoms with Gasteiger partial charge in [-0.25, -0.2) is 0 Å². The van der Waals surface area contributed by atoms with Crippen molar-refractivity contribution < 1.29 is 13.2 Å². The second-order valence-corrected chi connectivity index (χ2v) is 4.94. The summed E-state index contributed by atoms with van der Waals surface area (Å²) in [6.45, 7) is 3.88. The van der Waals surface area contributed by atoms with Crippen LogP contribution in [0, 0.1) is 0 Å². The zero-order valence-corrected chi connectivity index (χ0v) is 11.3. The minimum absolute atomic E-state index is 0.0235. The Kier molecular flexibility index (Phi) is 4.86. The Hall–Kier alpha value is -0.710. The van der Waals surface area contributed by atoms with E-state index in [0.717, 1.165) is 18.9 Å². The first-order valence-electron chi connectivity index (χ1n) is 5.48. The average Bonchev–Trinajstić information content (AvgIpc) is 2.15. The van der Waals surface area contributed by atoms with E-state index in [1.807, 2.05) is 13.8 Å². The highest BCUT2D eigenvalue weighted by Gasteiger charge is 2.33. The minimum atomic E-state index is -4.32. The summed E-state index contributed by atoms with van der Waals surface area (Å²) in [5.41, 5.74) is -0.489. The molecule has 1 N–H and O–H groups in total. The lowest BCUT2D eigenvalue weighted by Crippen LogP contribution is -2.18. The maximum atomic E-state index is 12.8. The van der Waals surface area contributed by atoms with Crippen molar-refractivity contribution in [2.45, 2.75) is 38.9 Å². The van der Waals surface area contributed by atoms with Crippen molar-refractivity contribution in [1.29, 1.82) is 0 Å². The third-order valence-electron chi connectivity index (χ3n) is 2.41. The first-order valence-corrected chi connectivity index (χ1v) is 6.27. The van der Waals surface area contributed by atoms with Crippen LogP contribution in [-0.4, -0.2) is 6.04 Å². The average molecular weight is 310 g/mol. The molecule has 1 unspecified atom stereocenters. The van der Waals surface area contributed by atoms with Crippen LogP contribution in [0.2, 0.25) is 0 Å². The molecule has 0 aromatic heterocycles. The molecule has 1 atom stereocenters. The third kappa shape index (κ3) is 4.22. The lowest BCUT2D eigenvalue weighted by molar-refractivity contribution is -0.137. The molecule has 1 nitrogen and oxygen atoms in total. The van der Waals surface area contributed by atoms with Gasteiger partial charge in [0.2, 0.25) is 0 Å². The molecular weight excluding hydrogens is 295 g/mol. The van der Waals surface area contributed by atoms with E-state index in [2.05, 4.69) is 21.2 Å². The predicted molar refractivity (Wildman–Crippen MR) is 67.1 cm³/mol. The highest BCUT2D eigenvalue weighted by atomic mass is 79.9. The first-order chi connectivity index (χ1) is 7.84. The van der Waals surface area contributed by atoms with E-state index in [-0.39, 0.29) is 11.7 Å². The summed E-state index contributed by atoms with van der Waals surface area (Å²) in [6.07, 6.45) is -2.55. The van der Waals surface area contributed by atoms with E-state index in [1.165, 1.54) is 12.1 Å². The Morgan fingerprint density at radius 1 is 1.35 bits per heavy atom. The van der Waals surface area contributed by atoms with Crippen LogP contribution in [0.15, 0.2) is 22.7 Å². The number of hydrogen-bond acceptors (Lipinski definition) is 1. The molecular formula is C12H15BrF3N. The first kappa shape index (κ1) is 14.4. The Bertz CT molecular complexity index is 377. The van der Waals surface area contributed by atoms with Gasteiger partial charge in [-0.15, -0.1) is 0 Å². The van der Waals surface area contributed by atoms with Gasteiger partial charge in [0.25, 0.3) is 0 Å². The van der Waals surface area contributed by atoms with Crippen LogP contribution in [0.25, 0.3) is 0 Å². The van der Waals surface area contributed by atoms with Crippen LogP contribution in [0.1, 0.15) is 32.3 Å². The quantitative estimate of drug-likeness (QED) is 0.819. The van der Waals surface area contributed by atoms with Gasteiger partial charge in [-0.2, -0.15) is 13.2 Å². The minimum Gasteiger partial charge on any atom is -0.382 e. The van der Waals surface area contributed by atoms with Gasteiger partial charge in [0, 0.05) is 16.2 Å². The molecule has 0 aliphatic rings. The van der Waals surface area contributed by atoms with E-state index in [1.54, 1.807) is 0 Å². The summed E-state index contributed by atoms with van der Waals surface area (Å²) in [5, 5.41) is 2.91. The highest BCUT2D eigenvalue weighted by Crippen LogP contribution is 2.36. The monoisotopic (exact) mass is 309 g/mol. The number of halogens is 4. The zero-order valence-electron chi connectivity index (χ0n) is 9.74. The molecule has 0 aliphatic heterocycles. The molecule has 0 radical (unpaired) electrons. The molecule has 0 heterocycles. The Balaban J connectivity index is 2.99. The number of anilines is 1. The molecule has 0 saturated carbocycles. The summed E-state index contributed by atoms with van der Waals surface area (Å²) in [4.78, 5) is 0. The van der Waals surface area contributed by atoms with E-state index in [9.17, 15) is 13.2 Å². The largest absolute Gasteiger partial charge is 0.418 e. The highest BCUT2D eigenvalue weighted by molar-refractivity contribution is 9.10. The Labute approximate surface area is 108 Å². The van der Waals surface area contributed by atoms with Gasteiger partial charge in [-0.3, -0.25) is 0 Å². The summed E-state index contributed by atoms with van der Waals surface area (Å²) in [5.74, 6) is 0. The summed E-state index contributed by atoms with van der Waals surface area (Å²) in [6, 6.07) is 3.98. The molecule has 1 rings (SSSR count). The smallest absolute Gasteiger partial charge is 0.382 e. The second-order valence-electron chi connectivity index (χ2n) is 4.02. The van der Waals surface area contributed by atoms with Crippen molar-refractivity contribution in [3.8, 4) is 0 Å². The normalized spacial score (nSPS) is 13.5. The third-order valence-corrected chi connectivity index (χ3v) is 2.90. The number of alkyl halides is 3. The fourth-order valence-corrected chi connectivity index (χ4v) is 2.01. The molecule has 0 amide bonds. The zero-order chi connectivity index (χ0) is 13.1. The van der Waals surface area contributed by atoms with Crippen LogP contribution in [0.5, 0.6) is 0 Å².